The van der Waals surface area contributed by atoms with Gasteiger partial charge >= 0.3 is 0 Å². The molecule has 0 aliphatic heterocycles. The van der Waals surface area contributed by atoms with Gasteiger partial charge in [-0.15, -0.1) is 0 Å². The molecule has 2 N–H and O–H groups in total. The van der Waals surface area contributed by atoms with Crippen LogP contribution in [0.3, 0.4) is 0 Å². The van der Waals surface area contributed by atoms with Crippen LogP contribution >= 0.6 is 12.2 Å². The number of carbonyl (C=O) groups is 1. The number of fused-ring (bicyclic) bond motifs is 1. The van der Waals surface area contributed by atoms with Gasteiger partial charge in [-0.1, -0.05) is 43.7 Å². The third kappa shape index (κ3) is 4.86. The highest BCUT2D eigenvalue weighted by Crippen LogP contribution is 2.29. The molecule has 0 fully saturated rings. The summed E-state index contributed by atoms with van der Waals surface area (Å²) >= 11 is 5.33. The Balaban J connectivity index is 1.49. The van der Waals surface area contributed by atoms with E-state index in [1.54, 1.807) is 6.07 Å². The van der Waals surface area contributed by atoms with Crippen molar-refractivity contribution in [2.75, 3.05) is 5.32 Å². The van der Waals surface area contributed by atoms with Crippen LogP contribution in [0.25, 0.3) is 22.6 Å². The van der Waals surface area contributed by atoms with Crippen LogP contribution in [-0.4, -0.2) is 16.0 Å². The number of aryl methyl sites for hydroxylation is 1. The van der Waals surface area contributed by atoms with Crippen molar-refractivity contribution in [2.45, 2.75) is 33.1 Å². The summed E-state index contributed by atoms with van der Waals surface area (Å²) in [7, 11) is 0. The summed E-state index contributed by atoms with van der Waals surface area (Å²) < 4.78 is 5.97. The molecule has 0 aliphatic rings. The van der Waals surface area contributed by atoms with Crippen LogP contribution in [0.1, 0.15) is 47.7 Å². The lowest BCUT2D eigenvalue weighted by Gasteiger charge is -2.10. The third-order valence-electron chi connectivity index (χ3n) is 5.47. The van der Waals surface area contributed by atoms with E-state index in [1.807, 2.05) is 55.5 Å². The third-order valence-corrected chi connectivity index (χ3v) is 5.67. The molecule has 32 heavy (non-hydrogen) atoms. The maximum atomic E-state index is 12.4. The average molecular weight is 444 g/mol. The molecule has 1 aromatic heterocycles. The molecule has 0 spiro atoms. The maximum absolute atomic E-state index is 12.4. The van der Waals surface area contributed by atoms with Gasteiger partial charge in [0.1, 0.15) is 5.52 Å². The Morgan fingerprint density at radius 2 is 1.91 bits per heavy atom. The Morgan fingerprint density at radius 3 is 2.69 bits per heavy atom. The molecule has 4 rings (SSSR count). The summed E-state index contributed by atoms with van der Waals surface area (Å²) in [5, 5.41) is 6.01. The Morgan fingerprint density at radius 1 is 1.09 bits per heavy atom. The number of anilines is 1. The minimum Gasteiger partial charge on any atom is -0.436 e. The van der Waals surface area contributed by atoms with E-state index in [0.29, 0.717) is 17.4 Å². The Kier molecular flexibility index (Phi) is 6.32. The second-order valence-corrected chi connectivity index (χ2v) is 8.32. The predicted octanol–water partition coefficient (Wildman–Crippen LogP) is 6.44. The number of nitrogens with one attached hydrogen (secondary N) is 2. The van der Waals surface area contributed by atoms with Crippen LogP contribution < -0.4 is 10.6 Å². The van der Waals surface area contributed by atoms with Crippen molar-refractivity contribution >= 4 is 40.0 Å². The first-order valence-corrected chi connectivity index (χ1v) is 11.0. The van der Waals surface area contributed by atoms with Crippen LogP contribution in [0.15, 0.2) is 71.1 Å². The number of aromatic nitrogens is 1. The van der Waals surface area contributed by atoms with Gasteiger partial charge in [-0.05, 0) is 79.5 Å². The van der Waals surface area contributed by atoms with E-state index >= 15 is 0 Å². The normalized spacial score (nSPS) is 11.8. The van der Waals surface area contributed by atoms with E-state index in [2.05, 4.69) is 41.6 Å². The zero-order valence-electron chi connectivity index (χ0n) is 18.3. The molecule has 0 saturated carbocycles. The number of hydrogen-bond acceptors (Lipinski definition) is 4. The van der Waals surface area contributed by atoms with Crippen LogP contribution in [-0.2, 0) is 0 Å². The lowest BCUT2D eigenvalue weighted by Crippen LogP contribution is -2.34. The molecule has 1 heterocycles. The molecule has 0 saturated heterocycles. The van der Waals surface area contributed by atoms with Gasteiger partial charge in [0.15, 0.2) is 10.7 Å². The van der Waals surface area contributed by atoms with Crippen molar-refractivity contribution in [2.24, 2.45) is 0 Å². The van der Waals surface area contributed by atoms with Gasteiger partial charge in [0.05, 0.1) is 0 Å². The van der Waals surface area contributed by atoms with Gasteiger partial charge in [-0.2, -0.15) is 0 Å². The minimum absolute atomic E-state index is 0.226. The number of carbonyl (C=O) groups excluding carboxylic acids is 1. The highest BCUT2D eigenvalue weighted by molar-refractivity contribution is 7.80. The number of nitrogens with zero attached hydrogens (tertiary/aromatic N) is 1. The van der Waals surface area contributed by atoms with Crippen LogP contribution in [0.2, 0.25) is 0 Å². The zero-order valence-corrected chi connectivity index (χ0v) is 19.1. The van der Waals surface area contributed by atoms with Crippen molar-refractivity contribution in [3.63, 3.8) is 0 Å². The smallest absolute Gasteiger partial charge is 0.257 e. The molecular formula is C26H25N3O2S. The standard InChI is InChI=1S/C26H25N3O2S/c1-4-17(3)18-11-12-23-22(15-18)28-25(31-23)20-9-6-10-21(14-20)27-26(32)29-24(30)19-8-5-7-16(2)13-19/h5-15,17H,4H2,1-3H3,(H2,27,29,30,32)/t17-/m0/s1. The first kappa shape index (κ1) is 21.7. The molecule has 3 aromatic carbocycles. The lowest BCUT2D eigenvalue weighted by molar-refractivity contribution is 0.0977. The average Bonchev–Trinajstić information content (AvgIpc) is 3.22. The molecule has 0 radical (unpaired) electrons. The van der Waals surface area contributed by atoms with Crippen LogP contribution in [0.4, 0.5) is 5.69 Å². The Hall–Kier alpha value is -3.51. The summed E-state index contributed by atoms with van der Waals surface area (Å²) in [6.45, 7) is 6.32. The highest BCUT2D eigenvalue weighted by atomic mass is 32.1. The molecule has 0 unspecified atom stereocenters. The second-order valence-electron chi connectivity index (χ2n) is 7.91. The number of rotatable bonds is 5. The number of oxazole rings is 1. The predicted molar refractivity (Wildman–Crippen MR) is 133 cm³/mol. The van der Waals surface area contributed by atoms with E-state index in [0.717, 1.165) is 34.3 Å². The topological polar surface area (TPSA) is 67.2 Å². The molecule has 6 heteroatoms. The largest absolute Gasteiger partial charge is 0.436 e. The van der Waals surface area contributed by atoms with Gasteiger partial charge in [-0.25, -0.2) is 4.98 Å². The van der Waals surface area contributed by atoms with E-state index in [1.165, 1.54) is 5.56 Å². The van der Waals surface area contributed by atoms with Crippen molar-refractivity contribution in [1.29, 1.82) is 0 Å². The Bertz CT molecular complexity index is 1300. The summed E-state index contributed by atoms with van der Waals surface area (Å²) in [6.07, 6.45) is 1.07. The van der Waals surface area contributed by atoms with Gasteiger partial charge < -0.3 is 9.73 Å². The quantitative estimate of drug-likeness (QED) is 0.347. The van der Waals surface area contributed by atoms with Crippen molar-refractivity contribution in [1.82, 2.24) is 10.3 Å². The van der Waals surface area contributed by atoms with E-state index in [4.69, 9.17) is 16.6 Å². The minimum atomic E-state index is -0.251. The molecule has 162 valence electrons. The van der Waals surface area contributed by atoms with Gasteiger partial charge in [0, 0.05) is 16.8 Å². The summed E-state index contributed by atoms with van der Waals surface area (Å²) in [5.41, 5.74) is 5.99. The molecule has 1 atom stereocenters. The molecule has 5 nitrogen and oxygen atoms in total. The number of benzene rings is 3. The fourth-order valence-corrected chi connectivity index (χ4v) is 3.67. The van der Waals surface area contributed by atoms with Gasteiger partial charge in [-0.3, -0.25) is 10.1 Å². The van der Waals surface area contributed by atoms with Crippen molar-refractivity contribution < 1.29 is 9.21 Å². The second kappa shape index (κ2) is 9.32. The van der Waals surface area contributed by atoms with E-state index in [9.17, 15) is 4.79 Å². The van der Waals surface area contributed by atoms with E-state index in [-0.39, 0.29) is 11.0 Å². The molecule has 1 amide bonds. The summed E-state index contributed by atoms with van der Waals surface area (Å²) in [6, 6.07) is 21.1. The van der Waals surface area contributed by atoms with Crippen molar-refractivity contribution in [3.8, 4) is 11.5 Å². The maximum Gasteiger partial charge on any atom is 0.257 e. The van der Waals surface area contributed by atoms with Crippen molar-refractivity contribution in [3.05, 3.63) is 83.4 Å². The highest BCUT2D eigenvalue weighted by Gasteiger charge is 2.12. The number of thiocarbonyl (C=S) groups is 1. The summed E-state index contributed by atoms with van der Waals surface area (Å²) in [4.78, 5) is 17.1. The fourth-order valence-electron chi connectivity index (χ4n) is 3.46. The van der Waals surface area contributed by atoms with E-state index < -0.39 is 0 Å². The Labute approximate surface area is 192 Å². The molecule has 0 aliphatic carbocycles. The van der Waals surface area contributed by atoms with Gasteiger partial charge in [0.25, 0.3) is 5.91 Å². The van der Waals surface area contributed by atoms with Crippen LogP contribution in [0.5, 0.6) is 0 Å². The lowest BCUT2D eigenvalue weighted by atomic mass is 9.98. The van der Waals surface area contributed by atoms with Gasteiger partial charge in [0.2, 0.25) is 5.89 Å². The zero-order chi connectivity index (χ0) is 22.7. The summed E-state index contributed by atoms with van der Waals surface area (Å²) in [5.74, 6) is 0.765. The number of hydrogen-bond donors (Lipinski definition) is 2. The molecule has 0 bridgehead atoms. The molecular weight excluding hydrogens is 418 g/mol. The first-order chi connectivity index (χ1) is 15.4. The monoisotopic (exact) mass is 443 g/mol. The fraction of sp³-hybridized carbons (Fsp3) is 0.192. The first-order valence-electron chi connectivity index (χ1n) is 10.6. The number of amides is 1. The van der Waals surface area contributed by atoms with Crippen LogP contribution in [0, 0.1) is 6.92 Å². The SMILES string of the molecule is CC[C@H](C)c1ccc2oc(-c3cccc(NC(=S)NC(=O)c4cccc(C)c4)c3)nc2c1. The molecule has 4 aromatic rings.